The third kappa shape index (κ3) is 1.29. The lowest BCUT2D eigenvalue weighted by molar-refractivity contribution is -0.114. The summed E-state index contributed by atoms with van der Waals surface area (Å²) >= 11 is 1.80. The highest BCUT2D eigenvalue weighted by molar-refractivity contribution is 14.1. The molecular weight excluding hydrogens is 219 g/mol. The molecular formula is C5H5IO2. The highest BCUT2D eigenvalue weighted by Gasteiger charge is 2.14. The topological polar surface area (TPSA) is 26.3 Å². The fraction of sp³-hybridized carbons (Fsp3) is 0.400. The Morgan fingerprint density at radius 2 is 2.62 bits per heavy atom. The van der Waals surface area contributed by atoms with Crippen LogP contribution >= 0.6 is 23.0 Å². The lowest BCUT2D eigenvalue weighted by Crippen LogP contribution is -2.00. The first-order valence-corrected chi connectivity index (χ1v) is 3.19. The molecule has 0 radical (unpaired) electrons. The zero-order valence-corrected chi connectivity index (χ0v) is 6.29. The van der Waals surface area contributed by atoms with Crippen LogP contribution in [0.15, 0.2) is 12.2 Å². The SMILES string of the molecule is O=C1C=C[C@H](OI)C1. The van der Waals surface area contributed by atoms with Gasteiger partial charge in [-0.05, 0) is 6.08 Å². The molecule has 3 heteroatoms. The van der Waals surface area contributed by atoms with Crippen LogP contribution in [0.3, 0.4) is 0 Å². The molecule has 0 spiro atoms. The molecule has 0 saturated heterocycles. The van der Waals surface area contributed by atoms with Crippen molar-refractivity contribution in [3.63, 3.8) is 0 Å². The number of hydrogen-bond donors (Lipinski definition) is 0. The predicted molar refractivity (Wildman–Crippen MR) is 37.7 cm³/mol. The van der Waals surface area contributed by atoms with Crippen LogP contribution in [0.5, 0.6) is 0 Å². The Balaban J connectivity index is 2.46. The molecule has 1 rings (SSSR count). The molecule has 0 N–H and O–H groups in total. The lowest BCUT2D eigenvalue weighted by Gasteiger charge is -1.96. The van der Waals surface area contributed by atoms with Crippen molar-refractivity contribution in [3.05, 3.63) is 12.2 Å². The molecule has 44 valence electrons. The van der Waals surface area contributed by atoms with Gasteiger partial charge in [-0.25, -0.2) is 0 Å². The van der Waals surface area contributed by atoms with Crippen molar-refractivity contribution in [2.24, 2.45) is 0 Å². The van der Waals surface area contributed by atoms with E-state index in [0.717, 1.165) is 0 Å². The second-order valence-corrected chi connectivity index (χ2v) is 2.17. The van der Waals surface area contributed by atoms with Gasteiger partial charge in [-0.1, -0.05) is 6.08 Å². The van der Waals surface area contributed by atoms with Gasteiger partial charge in [-0.15, -0.1) is 0 Å². The standard InChI is InChI=1S/C5H5IO2/c6-8-5-2-1-4(7)3-5/h1-2,5H,3H2/t5-/m0/s1. The van der Waals surface area contributed by atoms with Crippen LogP contribution in [0.2, 0.25) is 0 Å². The average Bonchev–Trinajstić information content (AvgIpc) is 2.14. The van der Waals surface area contributed by atoms with Crippen molar-refractivity contribution in [1.29, 1.82) is 0 Å². The van der Waals surface area contributed by atoms with Crippen LogP contribution in [-0.4, -0.2) is 11.9 Å². The Bertz CT molecular complexity index is 130. The number of hydrogen-bond acceptors (Lipinski definition) is 2. The molecule has 0 heterocycles. The Morgan fingerprint density at radius 3 is 2.88 bits per heavy atom. The first-order valence-electron chi connectivity index (χ1n) is 2.31. The van der Waals surface area contributed by atoms with E-state index < -0.39 is 0 Å². The largest absolute Gasteiger partial charge is 0.308 e. The Morgan fingerprint density at radius 1 is 1.88 bits per heavy atom. The van der Waals surface area contributed by atoms with E-state index in [1.807, 2.05) is 0 Å². The lowest BCUT2D eigenvalue weighted by atomic mass is 10.3. The van der Waals surface area contributed by atoms with Crippen molar-refractivity contribution in [3.8, 4) is 0 Å². The van der Waals surface area contributed by atoms with Gasteiger partial charge in [-0.3, -0.25) is 4.79 Å². The third-order valence-corrected chi connectivity index (χ3v) is 1.67. The maximum Gasteiger partial charge on any atom is 0.158 e. The quantitative estimate of drug-likeness (QED) is 0.626. The van der Waals surface area contributed by atoms with Crippen molar-refractivity contribution < 1.29 is 7.86 Å². The minimum atomic E-state index is 0.0306. The zero-order chi connectivity index (χ0) is 5.98. The third-order valence-electron chi connectivity index (χ3n) is 1.01. The fourth-order valence-corrected chi connectivity index (χ4v) is 0.960. The van der Waals surface area contributed by atoms with E-state index in [-0.39, 0.29) is 11.9 Å². The molecule has 1 aliphatic rings. The van der Waals surface area contributed by atoms with Crippen molar-refractivity contribution in [1.82, 2.24) is 0 Å². The number of halogens is 1. The Labute approximate surface area is 61.6 Å². The molecule has 0 amide bonds. The summed E-state index contributed by atoms with van der Waals surface area (Å²) in [4.78, 5) is 10.4. The summed E-state index contributed by atoms with van der Waals surface area (Å²) in [6, 6.07) is 0. The number of allylic oxidation sites excluding steroid dienone is 1. The van der Waals surface area contributed by atoms with E-state index in [1.54, 1.807) is 35.2 Å². The summed E-state index contributed by atoms with van der Waals surface area (Å²) in [7, 11) is 0. The van der Waals surface area contributed by atoms with Crippen LogP contribution in [0.1, 0.15) is 6.42 Å². The molecule has 0 unspecified atom stereocenters. The Hall–Kier alpha value is 0.1000. The molecule has 2 nitrogen and oxygen atoms in total. The maximum absolute atomic E-state index is 10.4. The first kappa shape index (κ1) is 6.22. The average molecular weight is 224 g/mol. The maximum atomic E-state index is 10.4. The van der Waals surface area contributed by atoms with Gasteiger partial charge in [0.2, 0.25) is 0 Å². The van der Waals surface area contributed by atoms with E-state index in [2.05, 4.69) is 0 Å². The monoisotopic (exact) mass is 224 g/mol. The summed E-state index contributed by atoms with van der Waals surface area (Å²) in [5.74, 6) is 0.159. The van der Waals surface area contributed by atoms with Gasteiger partial charge in [0.25, 0.3) is 0 Å². The summed E-state index contributed by atoms with van der Waals surface area (Å²) in [5.41, 5.74) is 0. The molecule has 0 bridgehead atoms. The zero-order valence-electron chi connectivity index (χ0n) is 4.13. The molecule has 0 aliphatic heterocycles. The van der Waals surface area contributed by atoms with Gasteiger partial charge in [0.05, 0.1) is 6.10 Å². The summed E-state index contributed by atoms with van der Waals surface area (Å²) in [6.07, 6.45) is 3.88. The van der Waals surface area contributed by atoms with E-state index in [9.17, 15) is 4.79 Å². The molecule has 0 saturated carbocycles. The van der Waals surface area contributed by atoms with Crippen molar-refractivity contribution >= 4 is 28.8 Å². The first-order chi connectivity index (χ1) is 3.83. The van der Waals surface area contributed by atoms with Gasteiger partial charge in [-0.2, -0.15) is 0 Å². The van der Waals surface area contributed by atoms with E-state index >= 15 is 0 Å². The van der Waals surface area contributed by atoms with Gasteiger partial charge < -0.3 is 3.07 Å². The highest BCUT2D eigenvalue weighted by atomic mass is 127. The Kier molecular flexibility index (Phi) is 2.01. The smallest absolute Gasteiger partial charge is 0.158 e. The van der Waals surface area contributed by atoms with Gasteiger partial charge in [0.1, 0.15) is 23.0 Å². The van der Waals surface area contributed by atoms with E-state index in [1.165, 1.54) is 0 Å². The normalized spacial score (nSPS) is 27.1. The second kappa shape index (κ2) is 2.59. The molecule has 0 aromatic heterocycles. The highest BCUT2D eigenvalue weighted by Crippen LogP contribution is 2.11. The van der Waals surface area contributed by atoms with Gasteiger partial charge in [0.15, 0.2) is 5.78 Å². The number of rotatable bonds is 1. The molecule has 1 aliphatic carbocycles. The molecule has 8 heavy (non-hydrogen) atoms. The second-order valence-electron chi connectivity index (χ2n) is 1.66. The molecule has 0 fully saturated rings. The van der Waals surface area contributed by atoms with Crippen molar-refractivity contribution in [2.75, 3.05) is 0 Å². The summed E-state index contributed by atoms with van der Waals surface area (Å²) in [5, 5.41) is 0. The van der Waals surface area contributed by atoms with E-state index in [0.29, 0.717) is 6.42 Å². The van der Waals surface area contributed by atoms with Crippen LogP contribution in [0.4, 0.5) is 0 Å². The summed E-state index contributed by atoms with van der Waals surface area (Å²) < 4.78 is 4.84. The molecule has 1 atom stereocenters. The van der Waals surface area contributed by atoms with Crippen LogP contribution in [-0.2, 0) is 7.86 Å². The van der Waals surface area contributed by atoms with Crippen LogP contribution in [0, 0.1) is 0 Å². The van der Waals surface area contributed by atoms with Gasteiger partial charge in [0, 0.05) is 6.42 Å². The number of ketones is 1. The van der Waals surface area contributed by atoms with Crippen LogP contribution in [0.25, 0.3) is 0 Å². The minimum Gasteiger partial charge on any atom is -0.308 e. The number of carbonyl (C=O) groups is 1. The molecule has 0 aromatic carbocycles. The van der Waals surface area contributed by atoms with E-state index in [4.69, 9.17) is 3.07 Å². The predicted octanol–water partition coefficient (Wildman–Crippen LogP) is 1.25. The minimum absolute atomic E-state index is 0.0306. The van der Waals surface area contributed by atoms with Crippen LogP contribution < -0.4 is 0 Å². The van der Waals surface area contributed by atoms with Gasteiger partial charge >= 0.3 is 0 Å². The number of carbonyl (C=O) groups excluding carboxylic acids is 1. The van der Waals surface area contributed by atoms with Crippen molar-refractivity contribution in [2.45, 2.75) is 12.5 Å². The fourth-order valence-electron chi connectivity index (χ4n) is 0.610. The molecule has 0 aromatic rings. The summed E-state index contributed by atoms with van der Waals surface area (Å²) in [6.45, 7) is 0.